The molecule has 1 aromatic carbocycles. The summed E-state index contributed by atoms with van der Waals surface area (Å²) in [6, 6.07) is 4.79. The molecule has 2 rings (SSSR count). The largest absolute Gasteiger partial charge is 0.398 e. The number of benzene rings is 1. The first kappa shape index (κ1) is 14.8. The number of halogens is 1. The molecule has 1 aromatic rings. The third-order valence-corrected chi connectivity index (χ3v) is 5.88. The van der Waals surface area contributed by atoms with Crippen molar-refractivity contribution in [2.24, 2.45) is 5.92 Å². The second-order valence-corrected chi connectivity index (χ2v) is 7.66. The Morgan fingerprint density at radius 3 is 2.79 bits per heavy atom. The van der Waals surface area contributed by atoms with Crippen molar-refractivity contribution in [3.05, 3.63) is 22.7 Å². The molecule has 0 saturated carbocycles. The van der Waals surface area contributed by atoms with E-state index in [1.807, 2.05) is 0 Å². The van der Waals surface area contributed by atoms with Crippen LogP contribution in [0.2, 0.25) is 0 Å². The number of nitrogens with two attached hydrogens (primary N) is 1. The molecule has 0 aromatic heterocycles. The van der Waals surface area contributed by atoms with Gasteiger partial charge >= 0.3 is 0 Å². The molecule has 1 aliphatic rings. The molecule has 106 valence electrons. The first-order valence-corrected chi connectivity index (χ1v) is 8.29. The fraction of sp³-hybridized carbons (Fsp3) is 0.500. The summed E-state index contributed by atoms with van der Waals surface area (Å²) in [5.41, 5.74) is 6.00. The lowest BCUT2D eigenvalue weighted by Gasteiger charge is -2.18. The van der Waals surface area contributed by atoms with Crippen molar-refractivity contribution in [2.45, 2.75) is 24.3 Å². The maximum Gasteiger partial charge on any atom is 0.245 e. The number of rotatable bonds is 3. The van der Waals surface area contributed by atoms with Crippen LogP contribution in [-0.4, -0.2) is 37.0 Å². The van der Waals surface area contributed by atoms with Gasteiger partial charge in [-0.1, -0.05) is 15.9 Å². The standard InChI is InChI=1S/C12H17BrN2O3S/c1-8(16)9-4-5-15(7-9)19(17,18)12-6-10(13)2-3-11(12)14/h2-3,6,8-9,16H,4-5,7,14H2,1H3. The minimum absolute atomic E-state index is 0.0110. The van der Waals surface area contributed by atoms with E-state index in [1.54, 1.807) is 19.1 Å². The average molecular weight is 349 g/mol. The number of hydrogen-bond acceptors (Lipinski definition) is 4. The Kier molecular flexibility index (Phi) is 4.20. The van der Waals surface area contributed by atoms with Gasteiger partial charge in [0.05, 0.1) is 11.8 Å². The van der Waals surface area contributed by atoms with Crippen molar-refractivity contribution in [1.82, 2.24) is 4.31 Å². The molecule has 1 heterocycles. The number of sulfonamides is 1. The van der Waals surface area contributed by atoms with Gasteiger partial charge in [0.15, 0.2) is 0 Å². The van der Waals surface area contributed by atoms with E-state index < -0.39 is 16.1 Å². The molecule has 0 aliphatic carbocycles. The van der Waals surface area contributed by atoms with Crippen LogP contribution in [0, 0.1) is 5.92 Å². The predicted octanol–water partition coefficient (Wildman–Crippen LogP) is 1.42. The summed E-state index contributed by atoms with van der Waals surface area (Å²) in [6.07, 6.45) is 0.171. The molecule has 2 unspecified atom stereocenters. The number of hydrogen-bond donors (Lipinski definition) is 2. The summed E-state index contributed by atoms with van der Waals surface area (Å²) in [4.78, 5) is 0.119. The molecule has 7 heteroatoms. The molecular weight excluding hydrogens is 332 g/mol. The summed E-state index contributed by atoms with van der Waals surface area (Å²) < 4.78 is 27.1. The van der Waals surface area contributed by atoms with Crippen LogP contribution in [0.1, 0.15) is 13.3 Å². The molecular formula is C12H17BrN2O3S. The molecule has 0 bridgehead atoms. The third-order valence-electron chi connectivity index (χ3n) is 3.46. The van der Waals surface area contributed by atoms with E-state index in [2.05, 4.69) is 15.9 Å². The first-order valence-electron chi connectivity index (χ1n) is 6.05. The molecule has 1 aliphatic heterocycles. The van der Waals surface area contributed by atoms with Gasteiger partial charge in [0.25, 0.3) is 0 Å². The summed E-state index contributed by atoms with van der Waals surface area (Å²) in [5.74, 6) is -0.0110. The van der Waals surface area contributed by atoms with E-state index in [4.69, 9.17) is 5.73 Å². The summed E-state index contributed by atoms with van der Waals surface area (Å²) >= 11 is 3.25. The number of nitrogens with zero attached hydrogens (tertiary/aromatic N) is 1. The zero-order valence-corrected chi connectivity index (χ0v) is 13.0. The molecule has 1 fully saturated rings. The van der Waals surface area contributed by atoms with Crippen LogP contribution in [0.4, 0.5) is 5.69 Å². The van der Waals surface area contributed by atoms with E-state index >= 15 is 0 Å². The summed E-state index contributed by atoms with van der Waals surface area (Å²) in [5, 5.41) is 9.55. The van der Waals surface area contributed by atoms with E-state index in [0.29, 0.717) is 24.0 Å². The fourth-order valence-corrected chi connectivity index (χ4v) is 4.40. The van der Waals surface area contributed by atoms with Crippen LogP contribution in [0.25, 0.3) is 0 Å². The predicted molar refractivity (Wildman–Crippen MR) is 77.1 cm³/mol. The van der Waals surface area contributed by atoms with E-state index in [1.165, 1.54) is 10.4 Å². The van der Waals surface area contributed by atoms with Crippen molar-refractivity contribution in [1.29, 1.82) is 0 Å². The normalized spacial score (nSPS) is 22.6. The van der Waals surface area contributed by atoms with Gasteiger partial charge in [0.2, 0.25) is 10.0 Å². The molecule has 0 spiro atoms. The monoisotopic (exact) mass is 348 g/mol. The Labute approximate surface area is 121 Å². The van der Waals surface area contributed by atoms with Crippen molar-refractivity contribution >= 4 is 31.6 Å². The average Bonchev–Trinajstić information content (AvgIpc) is 2.82. The van der Waals surface area contributed by atoms with E-state index in [0.717, 1.165) is 0 Å². The molecule has 3 N–H and O–H groups in total. The minimum atomic E-state index is -3.59. The molecule has 0 amide bonds. The number of aliphatic hydroxyl groups excluding tert-OH is 1. The smallest absolute Gasteiger partial charge is 0.245 e. The van der Waals surface area contributed by atoms with Gasteiger partial charge in [-0.15, -0.1) is 0 Å². The quantitative estimate of drug-likeness (QED) is 0.809. The van der Waals surface area contributed by atoms with Crippen LogP contribution >= 0.6 is 15.9 Å². The van der Waals surface area contributed by atoms with Crippen LogP contribution in [0.15, 0.2) is 27.6 Å². The van der Waals surface area contributed by atoms with Crippen LogP contribution < -0.4 is 5.73 Å². The lowest BCUT2D eigenvalue weighted by Crippen LogP contribution is -2.31. The fourth-order valence-electron chi connectivity index (χ4n) is 2.24. The van der Waals surface area contributed by atoms with Gasteiger partial charge in [-0.2, -0.15) is 4.31 Å². The molecule has 5 nitrogen and oxygen atoms in total. The number of anilines is 1. The maximum absolute atomic E-state index is 12.5. The van der Waals surface area contributed by atoms with Crippen LogP contribution in [0.3, 0.4) is 0 Å². The zero-order chi connectivity index (χ0) is 14.2. The van der Waals surface area contributed by atoms with E-state index in [-0.39, 0.29) is 16.5 Å². The SMILES string of the molecule is CC(O)C1CCN(S(=O)(=O)c2cc(Br)ccc2N)C1. The Morgan fingerprint density at radius 2 is 2.21 bits per heavy atom. The van der Waals surface area contributed by atoms with Crippen molar-refractivity contribution in [2.75, 3.05) is 18.8 Å². The second-order valence-electron chi connectivity index (χ2n) is 4.83. The van der Waals surface area contributed by atoms with Crippen molar-refractivity contribution in [3.8, 4) is 0 Å². The topological polar surface area (TPSA) is 83.6 Å². The summed E-state index contributed by atoms with van der Waals surface area (Å²) in [6.45, 7) is 2.45. The van der Waals surface area contributed by atoms with E-state index in [9.17, 15) is 13.5 Å². The third kappa shape index (κ3) is 2.94. The van der Waals surface area contributed by atoms with Gasteiger partial charge in [-0.3, -0.25) is 0 Å². The maximum atomic E-state index is 12.5. The van der Waals surface area contributed by atoms with Crippen LogP contribution in [0.5, 0.6) is 0 Å². The molecule has 0 radical (unpaired) electrons. The lowest BCUT2D eigenvalue weighted by atomic mass is 10.0. The second kappa shape index (κ2) is 5.40. The highest BCUT2D eigenvalue weighted by molar-refractivity contribution is 9.10. The minimum Gasteiger partial charge on any atom is -0.398 e. The Hall–Kier alpha value is -0.630. The Balaban J connectivity index is 2.31. The van der Waals surface area contributed by atoms with Gasteiger partial charge in [0.1, 0.15) is 4.90 Å². The van der Waals surface area contributed by atoms with Gasteiger partial charge in [-0.05, 0) is 37.5 Å². The molecule has 19 heavy (non-hydrogen) atoms. The van der Waals surface area contributed by atoms with Crippen molar-refractivity contribution in [3.63, 3.8) is 0 Å². The zero-order valence-electron chi connectivity index (χ0n) is 10.6. The number of aliphatic hydroxyl groups is 1. The Morgan fingerprint density at radius 1 is 1.53 bits per heavy atom. The highest BCUT2D eigenvalue weighted by Crippen LogP contribution is 2.30. The molecule has 1 saturated heterocycles. The van der Waals surface area contributed by atoms with Gasteiger partial charge in [-0.25, -0.2) is 8.42 Å². The number of nitrogen functional groups attached to an aromatic ring is 1. The highest BCUT2D eigenvalue weighted by atomic mass is 79.9. The van der Waals surface area contributed by atoms with Gasteiger partial charge < -0.3 is 10.8 Å². The Bertz CT molecular complexity index is 574. The molecule has 2 atom stereocenters. The van der Waals surface area contributed by atoms with Crippen LogP contribution in [-0.2, 0) is 10.0 Å². The first-order chi connectivity index (χ1) is 8.82. The lowest BCUT2D eigenvalue weighted by molar-refractivity contribution is 0.133. The van der Waals surface area contributed by atoms with Crippen molar-refractivity contribution < 1.29 is 13.5 Å². The summed E-state index contributed by atoms with van der Waals surface area (Å²) in [7, 11) is -3.59. The highest BCUT2D eigenvalue weighted by Gasteiger charge is 2.35. The van der Waals surface area contributed by atoms with Gasteiger partial charge in [0, 0.05) is 17.6 Å².